The summed E-state index contributed by atoms with van der Waals surface area (Å²) in [7, 11) is 1.33. The zero-order valence-electron chi connectivity index (χ0n) is 12.0. The number of benzene rings is 1. The van der Waals surface area contributed by atoms with Crippen LogP contribution in [-0.2, 0) is 16.0 Å². The molecule has 0 heterocycles. The highest BCUT2D eigenvalue weighted by atomic mass is 16.5. The number of aromatic hydroxyl groups is 2. The second kappa shape index (κ2) is 7.75. The van der Waals surface area contributed by atoms with Gasteiger partial charge in [0.15, 0.2) is 11.5 Å². The normalized spacial score (nSPS) is 13.8. The van der Waals surface area contributed by atoms with Crippen molar-refractivity contribution >= 4 is 5.97 Å². The largest absolute Gasteiger partial charge is 0.504 e. The van der Waals surface area contributed by atoms with Gasteiger partial charge in [0.25, 0.3) is 0 Å². The highest BCUT2D eigenvalue weighted by molar-refractivity contribution is 5.75. The molecule has 112 valence electrons. The average Bonchev–Trinajstić information content (AvgIpc) is 2.46. The van der Waals surface area contributed by atoms with Crippen molar-refractivity contribution in [3.63, 3.8) is 0 Å². The van der Waals surface area contributed by atoms with Crippen LogP contribution in [0.25, 0.3) is 0 Å². The Labute approximate surface area is 119 Å². The Hall–Kier alpha value is -1.75. The number of rotatable bonds is 7. The van der Waals surface area contributed by atoms with E-state index in [2.05, 4.69) is 4.74 Å². The Balaban J connectivity index is 2.57. The van der Waals surface area contributed by atoms with Crippen molar-refractivity contribution in [3.8, 4) is 11.5 Å². The third-order valence-electron chi connectivity index (χ3n) is 3.59. The van der Waals surface area contributed by atoms with Gasteiger partial charge >= 0.3 is 5.97 Å². The van der Waals surface area contributed by atoms with Gasteiger partial charge in [-0.3, -0.25) is 4.79 Å². The quantitative estimate of drug-likeness (QED) is 0.524. The Kier molecular flexibility index (Phi) is 6.31. The van der Waals surface area contributed by atoms with E-state index in [-0.39, 0.29) is 17.4 Å². The molecule has 0 saturated heterocycles. The molecule has 2 unspecified atom stereocenters. The molecule has 0 aromatic heterocycles. The highest BCUT2D eigenvalue weighted by Crippen LogP contribution is 2.30. The molecule has 2 atom stereocenters. The molecule has 0 fully saturated rings. The fourth-order valence-electron chi connectivity index (χ4n) is 2.23. The van der Waals surface area contributed by atoms with Crippen LogP contribution >= 0.6 is 0 Å². The standard InChI is InChI=1S/C15H23NO4/c1-3-10(9-12(16)15(19)20-2)7-8-11-5-4-6-13(17)14(11)18/h4-6,10,12,17-18H,3,7-9,16H2,1-2H3. The molecule has 0 radical (unpaired) electrons. The number of phenols is 2. The zero-order valence-corrected chi connectivity index (χ0v) is 12.0. The van der Waals surface area contributed by atoms with Crippen LogP contribution < -0.4 is 5.73 Å². The third-order valence-corrected chi connectivity index (χ3v) is 3.59. The van der Waals surface area contributed by atoms with Crippen LogP contribution in [0.1, 0.15) is 31.7 Å². The predicted octanol–water partition coefficient (Wildman–Crippen LogP) is 1.95. The van der Waals surface area contributed by atoms with E-state index in [0.29, 0.717) is 18.4 Å². The van der Waals surface area contributed by atoms with Crippen LogP contribution in [0, 0.1) is 5.92 Å². The minimum Gasteiger partial charge on any atom is -0.504 e. The molecule has 0 aliphatic heterocycles. The predicted molar refractivity (Wildman–Crippen MR) is 76.5 cm³/mol. The first-order valence-electron chi connectivity index (χ1n) is 6.82. The Morgan fingerprint density at radius 3 is 2.70 bits per heavy atom. The molecule has 0 spiro atoms. The second-order valence-corrected chi connectivity index (χ2v) is 4.96. The number of nitrogens with two attached hydrogens (primary N) is 1. The van der Waals surface area contributed by atoms with Crippen LogP contribution in [0.2, 0.25) is 0 Å². The molecule has 1 aromatic rings. The molecular weight excluding hydrogens is 258 g/mol. The van der Waals surface area contributed by atoms with Crippen molar-refractivity contribution in [2.75, 3.05) is 7.11 Å². The van der Waals surface area contributed by atoms with Crippen molar-refractivity contribution < 1.29 is 19.7 Å². The van der Waals surface area contributed by atoms with E-state index in [1.807, 2.05) is 6.92 Å². The lowest BCUT2D eigenvalue weighted by Crippen LogP contribution is -2.33. The number of ether oxygens (including phenoxy) is 1. The average molecular weight is 281 g/mol. The number of methoxy groups -OCH3 is 1. The number of hydrogen-bond donors (Lipinski definition) is 3. The lowest BCUT2D eigenvalue weighted by Gasteiger charge is -2.18. The van der Waals surface area contributed by atoms with Crippen molar-refractivity contribution in [2.45, 2.75) is 38.6 Å². The van der Waals surface area contributed by atoms with Crippen molar-refractivity contribution in [3.05, 3.63) is 23.8 Å². The fourth-order valence-corrected chi connectivity index (χ4v) is 2.23. The summed E-state index contributed by atoms with van der Waals surface area (Å²) in [6, 6.07) is 4.32. The van der Waals surface area contributed by atoms with Gasteiger partial charge in [-0.25, -0.2) is 0 Å². The number of phenolic OH excluding ortho intramolecular Hbond substituents is 2. The van der Waals surface area contributed by atoms with Crippen LogP contribution in [-0.4, -0.2) is 29.3 Å². The monoisotopic (exact) mass is 281 g/mol. The van der Waals surface area contributed by atoms with Gasteiger partial charge in [-0.15, -0.1) is 0 Å². The van der Waals surface area contributed by atoms with Crippen LogP contribution in [0.4, 0.5) is 0 Å². The summed E-state index contributed by atoms with van der Waals surface area (Å²) >= 11 is 0. The van der Waals surface area contributed by atoms with E-state index in [4.69, 9.17) is 5.73 Å². The lowest BCUT2D eigenvalue weighted by atomic mass is 9.91. The molecular formula is C15H23NO4. The molecule has 5 nitrogen and oxygen atoms in total. The SMILES string of the molecule is CCC(CCc1cccc(O)c1O)CC(N)C(=O)OC. The van der Waals surface area contributed by atoms with E-state index in [1.54, 1.807) is 12.1 Å². The van der Waals surface area contributed by atoms with E-state index in [1.165, 1.54) is 13.2 Å². The van der Waals surface area contributed by atoms with Gasteiger partial charge in [-0.2, -0.15) is 0 Å². The summed E-state index contributed by atoms with van der Waals surface area (Å²) < 4.78 is 4.62. The Bertz CT molecular complexity index is 447. The second-order valence-electron chi connectivity index (χ2n) is 4.96. The van der Waals surface area contributed by atoms with Crippen molar-refractivity contribution in [2.24, 2.45) is 11.7 Å². The first kappa shape index (κ1) is 16.3. The van der Waals surface area contributed by atoms with Gasteiger partial charge in [-0.1, -0.05) is 25.5 Å². The summed E-state index contributed by atoms with van der Waals surface area (Å²) in [5.74, 6) is -0.309. The summed E-state index contributed by atoms with van der Waals surface area (Å²) in [6.07, 6.45) is 2.87. The summed E-state index contributed by atoms with van der Waals surface area (Å²) in [5, 5.41) is 19.2. The number of esters is 1. The Morgan fingerprint density at radius 2 is 2.10 bits per heavy atom. The molecule has 5 heteroatoms. The third kappa shape index (κ3) is 4.42. The molecule has 1 aromatic carbocycles. The molecule has 0 saturated carbocycles. The van der Waals surface area contributed by atoms with Gasteiger partial charge in [0, 0.05) is 0 Å². The lowest BCUT2D eigenvalue weighted by molar-refractivity contribution is -0.142. The van der Waals surface area contributed by atoms with Gasteiger partial charge in [-0.05, 0) is 36.8 Å². The van der Waals surface area contributed by atoms with E-state index >= 15 is 0 Å². The summed E-state index contributed by atoms with van der Waals surface area (Å²) in [6.45, 7) is 2.04. The first-order valence-corrected chi connectivity index (χ1v) is 6.82. The van der Waals surface area contributed by atoms with Crippen LogP contribution in [0.5, 0.6) is 11.5 Å². The number of carbonyl (C=O) groups excluding carboxylic acids is 1. The van der Waals surface area contributed by atoms with Crippen molar-refractivity contribution in [1.29, 1.82) is 0 Å². The van der Waals surface area contributed by atoms with Crippen molar-refractivity contribution in [1.82, 2.24) is 0 Å². The van der Waals surface area contributed by atoms with Crippen LogP contribution in [0.3, 0.4) is 0 Å². The maximum atomic E-state index is 11.3. The molecule has 20 heavy (non-hydrogen) atoms. The number of para-hydroxylation sites is 1. The topological polar surface area (TPSA) is 92.8 Å². The molecule has 0 bridgehead atoms. The highest BCUT2D eigenvalue weighted by Gasteiger charge is 2.19. The number of aryl methyl sites for hydroxylation is 1. The Morgan fingerprint density at radius 1 is 1.40 bits per heavy atom. The zero-order chi connectivity index (χ0) is 15.1. The van der Waals surface area contributed by atoms with Crippen LogP contribution in [0.15, 0.2) is 18.2 Å². The number of carbonyl (C=O) groups is 1. The van der Waals surface area contributed by atoms with Gasteiger partial charge in [0.1, 0.15) is 6.04 Å². The summed E-state index contributed by atoms with van der Waals surface area (Å²) in [4.78, 5) is 11.3. The minimum absolute atomic E-state index is 0.0698. The van der Waals surface area contributed by atoms with E-state index in [9.17, 15) is 15.0 Å². The van der Waals surface area contributed by atoms with Gasteiger partial charge in [0.2, 0.25) is 0 Å². The maximum Gasteiger partial charge on any atom is 0.322 e. The minimum atomic E-state index is -0.609. The van der Waals surface area contributed by atoms with Gasteiger partial charge in [0.05, 0.1) is 7.11 Å². The molecule has 1 rings (SSSR count). The molecule has 0 aliphatic carbocycles. The van der Waals surface area contributed by atoms with Gasteiger partial charge < -0.3 is 20.7 Å². The molecule has 4 N–H and O–H groups in total. The fraction of sp³-hybridized carbons (Fsp3) is 0.533. The smallest absolute Gasteiger partial charge is 0.322 e. The molecule has 0 aliphatic rings. The maximum absolute atomic E-state index is 11.3. The van der Waals surface area contributed by atoms with E-state index < -0.39 is 12.0 Å². The molecule has 0 amide bonds. The summed E-state index contributed by atoms with van der Waals surface area (Å²) in [5.41, 5.74) is 6.47. The first-order chi connectivity index (χ1) is 9.49. The van der Waals surface area contributed by atoms with E-state index in [0.717, 1.165) is 12.8 Å². The number of hydrogen-bond acceptors (Lipinski definition) is 5.